The number of rotatable bonds is 5. The lowest BCUT2D eigenvalue weighted by Gasteiger charge is -2.36. The van der Waals surface area contributed by atoms with Gasteiger partial charge in [0.25, 0.3) is 0 Å². The molecule has 1 saturated heterocycles. The van der Waals surface area contributed by atoms with Gasteiger partial charge < -0.3 is 24.0 Å². The minimum Gasteiger partial charge on any atom is -0.485 e. The second kappa shape index (κ2) is 10.8. The Morgan fingerprint density at radius 1 is 0.943 bits per heavy atom. The number of hydrogen-bond donors (Lipinski definition) is 1. The summed E-state index contributed by atoms with van der Waals surface area (Å²) in [5, 5.41) is 2.80. The summed E-state index contributed by atoms with van der Waals surface area (Å²) >= 11 is 0. The molecule has 0 aliphatic carbocycles. The number of carbonyl (C=O) groups excluding carboxylic acids is 2. The van der Waals surface area contributed by atoms with E-state index < -0.39 is 17.3 Å². The summed E-state index contributed by atoms with van der Waals surface area (Å²) in [6.45, 7) is 13.5. The first-order valence-corrected chi connectivity index (χ1v) is 11.8. The maximum absolute atomic E-state index is 12.5. The number of nitrogens with one attached hydrogen (secondary N) is 1. The van der Waals surface area contributed by atoms with Crippen molar-refractivity contribution in [2.24, 2.45) is 0 Å². The van der Waals surface area contributed by atoms with Crippen LogP contribution in [0.3, 0.4) is 0 Å². The number of benzene rings is 1. The van der Waals surface area contributed by atoms with Crippen LogP contribution >= 0.6 is 0 Å². The highest BCUT2D eigenvalue weighted by Gasteiger charge is 2.27. The van der Waals surface area contributed by atoms with E-state index in [4.69, 9.17) is 14.2 Å². The lowest BCUT2D eigenvalue weighted by molar-refractivity contribution is 0.0240. The molecule has 35 heavy (non-hydrogen) atoms. The van der Waals surface area contributed by atoms with Crippen LogP contribution in [0.4, 0.5) is 21.1 Å². The van der Waals surface area contributed by atoms with E-state index in [1.54, 1.807) is 17.2 Å². The van der Waals surface area contributed by atoms with Crippen LogP contribution in [0.25, 0.3) is 0 Å². The molecule has 0 spiro atoms. The molecule has 2 aromatic rings. The lowest BCUT2D eigenvalue weighted by Crippen LogP contribution is -2.50. The average molecular weight is 485 g/mol. The van der Waals surface area contributed by atoms with Crippen molar-refractivity contribution < 1.29 is 23.8 Å². The van der Waals surface area contributed by atoms with E-state index in [9.17, 15) is 9.59 Å². The molecular weight excluding hydrogens is 448 g/mol. The van der Waals surface area contributed by atoms with Crippen molar-refractivity contribution in [2.45, 2.75) is 59.4 Å². The number of nitrogens with zero attached hydrogens (tertiary/aromatic N) is 3. The minimum absolute atomic E-state index is 0.318. The normalized spacial score (nSPS) is 14.3. The Kier molecular flexibility index (Phi) is 8.09. The van der Waals surface area contributed by atoms with E-state index in [1.165, 1.54) is 0 Å². The third-order valence-corrected chi connectivity index (χ3v) is 4.98. The Morgan fingerprint density at radius 3 is 2.17 bits per heavy atom. The fourth-order valence-electron chi connectivity index (χ4n) is 3.41. The zero-order valence-corrected chi connectivity index (χ0v) is 21.5. The van der Waals surface area contributed by atoms with Gasteiger partial charge in [0.05, 0.1) is 11.9 Å². The molecule has 3 rings (SSSR count). The van der Waals surface area contributed by atoms with E-state index in [0.717, 1.165) is 5.56 Å². The highest BCUT2D eigenvalue weighted by molar-refractivity contribution is 5.87. The molecule has 0 saturated carbocycles. The van der Waals surface area contributed by atoms with Gasteiger partial charge in [-0.2, -0.15) is 0 Å². The van der Waals surface area contributed by atoms with Crippen LogP contribution in [0.2, 0.25) is 0 Å². The number of aromatic nitrogens is 1. The van der Waals surface area contributed by atoms with Crippen LogP contribution in [0.5, 0.6) is 5.75 Å². The molecule has 1 aliphatic heterocycles. The van der Waals surface area contributed by atoms with Gasteiger partial charge in [-0.3, -0.25) is 5.32 Å². The number of anilines is 2. The summed E-state index contributed by atoms with van der Waals surface area (Å²) in [7, 11) is 0. The first-order chi connectivity index (χ1) is 16.4. The first kappa shape index (κ1) is 26.1. The Labute approximate surface area is 207 Å². The second-order valence-corrected chi connectivity index (χ2v) is 10.4. The molecule has 190 valence electrons. The third-order valence-electron chi connectivity index (χ3n) is 4.98. The molecule has 1 aromatic carbocycles. The minimum atomic E-state index is -0.636. The summed E-state index contributed by atoms with van der Waals surface area (Å²) in [6.07, 6.45) is 0.710. The maximum Gasteiger partial charge on any atom is 0.412 e. The lowest BCUT2D eigenvalue weighted by atomic mass is 10.2. The molecule has 0 unspecified atom stereocenters. The SMILES string of the molecule is CC(C)(C)OC(=O)Nc1cc(N2CCN(C(=O)OC(C)(C)C)CC2)ncc1OCc1ccccc1. The van der Waals surface area contributed by atoms with Gasteiger partial charge in [-0.25, -0.2) is 14.6 Å². The van der Waals surface area contributed by atoms with E-state index in [0.29, 0.717) is 50.0 Å². The highest BCUT2D eigenvalue weighted by Crippen LogP contribution is 2.30. The quantitative estimate of drug-likeness (QED) is 0.634. The van der Waals surface area contributed by atoms with Gasteiger partial charge in [-0.05, 0) is 47.1 Å². The number of hydrogen-bond acceptors (Lipinski definition) is 7. The van der Waals surface area contributed by atoms with Crippen LogP contribution in [0.15, 0.2) is 42.6 Å². The summed E-state index contributed by atoms with van der Waals surface area (Å²) in [5.41, 5.74) is 0.296. The second-order valence-electron chi connectivity index (χ2n) is 10.4. The van der Waals surface area contributed by atoms with Crippen molar-refractivity contribution in [3.8, 4) is 5.75 Å². The van der Waals surface area contributed by atoms with E-state index >= 15 is 0 Å². The molecule has 1 aliphatic rings. The third kappa shape index (κ3) is 8.35. The van der Waals surface area contributed by atoms with Crippen molar-refractivity contribution in [2.75, 3.05) is 36.4 Å². The van der Waals surface area contributed by atoms with Gasteiger partial charge in [0.1, 0.15) is 23.6 Å². The van der Waals surface area contributed by atoms with Crippen LogP contribution in [-0.4, -0.2) is 59.5 Å². The van der Waals surface area contributed by atoms with Crippen LogP contribution in [-0.2, 0) is 16.1 Å². The van der Waals surface area contributed by atoms with Gasteiger partial charge in [0, 0.05) is 32.2 Å². The van der Waals surface area contributed by atoms with Crippen molar-refractivity contribution in [1.29, 1.82) is 0 Å². The standard InChI is InChI=1S/C26H36N4O5/c1-25(2,3)34-23(31)28-20-16-22(27-17-21(20)33-18-19-10-8-7-9-11-19)29-12-14-30(15-13-29)24(32)35-26(4,5)6/h7-11,16-17H,12-15,18H2,1-6H3,(H,27,28,31). The highest BCUT2D eigenvalue weighted by atomic mass is 16.6. The summed E-state index contributed by atoms with van der Waals surface area (Å²) < 4.78 is 16.9. The molecule has 9 heteroatoms. The van der Waals surface area contributed by atoms with E-state index in [2.05, 4.69) is 15.2 Å². The number of piperazine rings is 1. The predicted octanol–water partition coefficient (Wildman–Crippen LogP) is 5.06. The van der Waals surface area contributed by atoms with Crippen molar-refractivity contribution in [3.63, 3.8) is 0 Å². The molecule has 2 amide bonds. The zero-order valence-electron chi connectivity index (χ0n) is 21.5. The summed E-state index contributed by atoms with van der Waals surface area (Å²) in [5.74, 6) is 1.11. The van der Waals surface area contributed by atoms with Gasteiger partial charge >= 0.3 is 12.2 Å². The number of amides is 2. The Balaban J connectivity index is 1.72. The zero-order chi connectivity index (χ0) is 25.6. The number of ether oxygens (including phenoxy) is 3. The Bertz CT molecular complexity index is 1010. The summed E-state index contributed by atoms with van der Waals surface area (Å²) in [4.78, 5) is 33.2. The van der Waals surface area contributed by atoms with Crippen molar-refractivity contribution in [1.82, 2.24) is 9.88 Å². The topological polar surface area (TPSA) is 93.2 Å². The van der Waals surface area contributed by atoms with Gasteiger partial charge in [0.2, 0.25) is 0 Å². The number of carbonyl (C=O) groups is 2. The monoisotopic (exact) mass is 484 g/mol. The molecule has 9 nitrogen and oxygen atoms in total. The molecule has 1 fully saturated rings. The van der Waals surface area contributed by atoms with Crippen molar-refractivity contribution >= 4 is 23.7 Å². The van der Waals surface area contributed by atoms with E-state index in [1.807, 2.05) is 71.9 Å². The molecule has 1 aromatic heterocycles. The van der Waals surface area contributed by atoms with E-state index in [-0.39, 0.29) is 6.09 Å². The maximum atomic E-state index is 12.5. The van der Waals surface area contributed by atoms with Crippen molar-refractivity contribution in [3.05, 3.63) is 48.2 Å². The first-order valence-electron chi connectivity index (χ1n) is 11.8. The predicted molar refractivity (Wildman–Crippen MR) is 135 cm³/mol. The smallest absolute Gasteiger partial charge is 0.412 e. The largest absolute Gasteiger partial charge is 0.485 e. The molecule has 0 atom stereocenters. The van der Waals surface area contributed by atoms with Crippen LogP contribution in [0.1, 0.15) is 47.1 Å². The average Bonchev–Trinajstić information content (AvgIpc) is 2.76. The molecule has 0 radical (unpaired) electrons. The van der Waals surface area contributed by atoms with Gasteiger partial charge in [0.15, 0.2) is 5.75 Å². The Hall–Kier alpha value is -3.49. The van der Waals surface area contributed by atoms with Crippen LogP contribution < -0.4 is 15.0 Å². The molecular formula is C26H36N4O5. The van der Waals surface area contributed by atoms with Gasteiger partial charge in [-0.1, -0.05) is 30.3 Å². The molecule has 0 bridgehead atoms. The summed E-state index contributed by atoms with van der Waals surface area (Å²) in [6, 6.07) is 11.5. The number of pyridine rings is 1. The van der Waals surface area contributed by atoms with Gasteiger partial charge in [-0.15, -0.1) is 0 Å². The van der Waals surface area contributed by atoms with Crippen LogP contribution in [0, 0.1) is 0 Å². The molecule has 2 heterocycles. The Morgan fingerprint density at radius 2 is 1.57 bits per heavy atom. The fourth-order valence-corrected chi connectivity index (χ4v) is 3.41. The molecule has 1 N–H and O–H groups in total. The fraction of sp³-hybridized carbons (Fsp3) is 0.500.